The number of nitrogens with one attached hydrogen (secondary N) is 1. The fraction of sp³-hybridized carbons (Fsp3) is 0.231. The second-order valence-electron chi connectivity index (χ2n) is 3.82. The first kappa shape index (κ1) is 15.7. The fourth-order valence-corrected chi connectivity index (χ4v) is 1.51. The van der Waals surface area contributed by atoms with Gasteiger partial charge in [0.05, 0.1) is 7.11 Å². The van der Waals surface area contributed by atoms with Gasteiger partial charge in [-0.15, -0.1) is 6.58 Å². The number of rotatable bonds is 5. The van der Waals surface area contributed by atoms with E-state index in [1.54, 1.807) is 0 Å². The molecule has 108 valence electrons. The molecule has 20 heavy (non-hydrogen) atoms. The van der Waals surface area contributed by atoms with Gasteiger partial charge in [-0.1, -0.05) is 6.08 Å². The predicted molar refractivity (Wildman–Crippen MR) is 64.4 cm³/mol. The molecule has 0 heterocycles. The molecule has 4 nitrogen and oxygen atoms in total. The summed E-state index contributed by atoms with van der Waals surface area (Å²) in [5.74, 6) is -5.84. The predicted octanol–water partition coefficient (Wildman–Crippen LogP) is 1.95. The third kappa shape index (κ3) is 3.59. The number of hydrogen-bond donors (Lipinski definition) is 1. The van der Waals surface area contributed by atoms with Gasteiger partial charge in [0.1, 0.15) is 29.1 Å². The summed E-state index contributed by atoms with van der Waals surface area (Å²) in [6.45, 7) is 3.39. The Kier molecular flexibility index (Phi) is 5.31. The molecule has 0 fully saturated rings. The first-order valence-corrected chi connectivity index (χ1v) is 5.54. The van der Waals surface area contributed by atoms with Gasteiger partial charge in [0.25, 0.3) is 5.91 Å². The maximum Gasteiger partial charge on any atom is 0.328 e. The van der Waals surface area contributed by atoms with Crippen LogP contribution in [0.3, 0.4) is 0 Å². The molecule has 1 rings (SSSR count). The molecule has 0 aliphatic rings. The average molecular weight is 287 g/mol. The minimum Gasteiger partial charge on any atom is -0.467 e. The third-order valence-electron chi connectivity index (χ3n) is 2.43. The van der Waals surface area contributed by atoms with Crippen molar-refractivity contribution in [3.05, 3.63) is 47.8 Å². The molecule has 0 saturated carbocycles. The van der Waals surface area contributed by atoms with Crippen LogP contribution in [0.15, 0.2) is 24.8 Å². The molecular weight excluding hydrogens is 275 g/mol. The van der Waals surface area contributed by atoms with Crippen molar-refractivity contribution in [2.75, 3.05) is 7.11 Å². The zero-order valence-electron chi connectivity index (χ0n) is 10.6. The van der Waals surface area contributed by atoms with Gasteiger partial charge in [-0.3, -0.25) is 4.79 Å². The van der Waals surface area contributed by atoms with Crippen molar-refractivity contribution in [3.8, 4) is 0 Å². The highest BCUT2D eigenvalue weighted by atomic mass is 19.1. The Hall–Kier alpha value is -2.31. The number of ether oxygens (including phenoxy) is 1. The van der Waals surface area contributed by atoms with E-state index in [1.807, 2.05) is 0 Å². The molecule has 1 atom stereocenters. The van der Waals surface area contributed by atoms with Crippen LogP contribution in [0.25, 0.3) is 0 Å². The van der Waals surface area contributed by atoms with Gasteiger partial charge >= 0.3 is 5.97 Å². The smallest absolute Gasteiger partial charge is 0.328 e. The lowest BCUT2D eigenvalue weighted by molar-refractivity contribution is -0.142. The van der Waals surface area contributed by atoms with Gasteiger partial charge in [0, 0.05) is 12.1 Å². The summed E-state index contributed by atoms with van der Waals surface area (Å²) in [5.41, 5.74) is -0.968. The fourth-order valence-electron chi connectivity index (χ4n) is 1.51. The van der Waals surface area contributed by atoms with Crippen LogP contribution in [0.4, 0.5) is 13.2 Å². The Morgan fingerprint density at radius 3 is 2.35 bits per heavy atom. The summed E-state index contributed by atoms with van der Waals surface area (Å²) < 4.78 is 44.0. The quantitative estimate of drug-likeness (QED) is 0.665. The van der Waals surface area contributed by atoms with Crippen molar-refractivity contribution < 1.29 is 27.5 Å². The van der Waals surface area contributed by atoms with Crippen LogP contribution < -0.4 is 5.32 Å². The van der Waals surface area contributed by atoms with Crippen molar-refractivity contribution in [2.24, 2.45) is 0 Å². The Morgan fingerprint density at radius 2 is 1.90 bits per heavy atom. The van der Waals surface area contributed by atoms with E-state index >= 15 is 0 Å². The van der Waals surface area contributed by atoms with Gasteiger partial charge in [-0.25, -0.2) is 18.0 Å². The summed E-state index contributed by atoms with van der Waals surface area (Å²) >= 11 is 0. The highest BCUT2D eigenvalue weighted by Crippen LogP contribution is 2.15. The Morgan fingerprint density at radius 1 is 1.35 bits per heavy atom. The molecule has 7 heteroatoms. The molecule has 1 aromatic carbocycles. The van der Waals surface area contributed by atoms with E-state index < -0.39 is 40.9 Å². The Balaban J connectivity index is 3.00. The van der Waals surface area contributed by atoms with Gasteiger partial charge in [0.2, 0.25) is 0 Å². The van der Waals surface area contributed by atoms with E-state index in [0.717, 1.165) is 7.11 Å². The minimum atomic E-state index is -1.36. The van der Waals surface area contributed by atoms with Crippen molar-refractivity contribution in [1.29, 1.82) is 0 Å². The number of hydrogen-bond acceptors (Lipinski definition) is 3. The monoisotopic (exact) mass is 287 g/mol. The number of halogens is 3. The standard InChI is InChI=1S/C13H12F3NO3/c1-3-4-10(13(19)20-2)17-12(18)11-8(15)5-7(14)6-9(11)16/h3,5-6,10H,1,4H2,2H3,(H,17,18)/t10-/m0/s1. The molecule has 0 aromatic heterocycles. The molecule has 1 aromatic rings. The van der Waals surface area contributed by atoms with E-state index in [1.165, 1.54) is 6.08 Å². The summed E-state index contributed by atoms with van der Waals surface area (Å²) in [4.78, 5) is 23.1. The zero-order valence-corrected chi connectivity index (χ0v) is 10.6. The molecular formula is C13H12F3NO3. The number of amides is 1. The van der Waals surface area contributed by atoms with Gasteiger partial charge in [-0.05, 0) is 6.42 Å². The number of carbonyl (C=O) groups excluding carboxylic acids is 2. The molecule has 0 spiro atoms. The lowest BCUT2D eigenvalue weighted by Gasteiger charge is -2.15. The summed E-state index contributed by atoms with van der Waals surface area (Å²) in [6, 6.07) is -0.383. The molecule has 0 aliphatic carbocycles. The number of benzene rings is 1. The average Bonchev–Trinajstić information content (AvgIpc) is 2.36. The summed E-state index contributed by atoms with van der Waals surface area (Å²) in [7, 11) is 1.10. The third-order valence-corrected chi connectivity index (χ3v) is 2.43. The molecule has 0 unspecified atom stereocenters. The van der Waals surface area contributed by atoms with Crippen LogP contribution in [0.2, 0.25) is 0 Å². The normalized spacial score (nSPS) is 11.6. The van der Waals surface area contributed by atoms with E-state index in [0.29, 0.717) is 12.1 Å². The topological polar surface area (TPSA) is 55.4 Å². The number of carbonyl (C=O) groups is 2. The lowest BCUT2D eigenvalue weighted by Crippen LogP contribution is -2.41. The lowest BCUT2D eigenvalue weighted by atomic mass is 10.1. The number of methoxy groups -OCH3 is 1. The second kappa shape index (κ2) is 6.74. The molecule has 0 aliphatic heterocycles. The van der Waals surface area contributed by atoms with E-state index in [9.17, 15) is 22.8 Å². The Bertz CT molecular complexity index is 523. The van der Waals surface area contributed by atoms with Crippen molar-refractivity contribution in [3.63, 3.8) is 0 Å². The van der Waals surface area contributed by atoms with Gasteiger partial charge < -0.3 is 10.1 Å². The van der Waals surface area contributed by atoms with E-state index in [4.69, 9.17) is 0 Å². The van der Waals surface area contributed by atoms with Crippen LogP contribution in [0, 0.1) is 17.5 Å². The van der Waals surface area contributed by atoms with E-state index in [2.05, 4.69) is 16.6 Å². The summed E-state index contributed by atoms with van der Waals surface area (Å²) in [5, 5.41) is 2.10. The minimum absolute atomic E-state index is 0.0167. The van der Waals surface area contributed by atoms with Crippen molar-refractivity contribution in [2.45, 2.75) is 12.5 Å². The van der Waals surface area contributed by atoms with E-state index in [-0.39, 0.29) is 6.42 Å². The maximum atomic E-state index is 13.4. The van der Waals surface area contributed by atoms with Crippen LogP contribution >= 0.6 is 0 Å². The van der Waals surface area contributed by atoms with Gasteiger partial charge in [0.15, 0.2) is 0 Å². The number of esters is 1. The second-order valence-corrected chi connectivity index (χ2v) is 3.82. The van der Waals surface area contributed by atoms with Crippen molar-refractivity contribution in [1.82, 2.24) is 5.32 Å². The Labute approximate surface area is 113 Å². The van der Waals surface area contributed by atoms with Crippen LogP contribution in [-0.4, -0.2) is 25.0 Å². The molecule has 1 amide bonds. The first-order valence-electron chi connectivity index (χ1n) is 5.54. The maximum absolute atomic E-state index is 13.4. The molecule has 0 saturated heterocycles. The molecule has 0 radical (unpaired) electrons. The highest BCUT2D eigenvalue weighted by molar-refractivity contribution is 5.97. The first-order chi connectivity index (χ1) is 9.40. The molecule has 0 bridgehead atoms. The SMILES string of the molecule is C=CC[C@H](NC(=O)c1c(F)cc(F)cc1F)C(=O)OC. The zero-order chi connectivity index (χ0) is 15.3. The highest BCUT2D eigenvalue weighted by Gasteiger charge is 2.25. The summed E-state index contributed by atoms with van der Waals surface area (Å²) in [6.07, 6.45) is 1.35. The largest absolute Gasteiger partial charge is 0.467 e. The van der Waals surface area contributed by atoms with Gasteiger partial charge in [-0.2, -0.15) is 0 Å². The molecule has 1 N–H and O–H groups in total. The van der Waals surface area contributed by atoms with Crippen molar-refractivity contribution >= 4 is 11.9 Å². The van der Waals surface area contributed by atoms with Crippen LogP contribution in [-0.2, 0) is 9.53 Å². The van der Waals surface area contributed by atoms with Crippen LogP contribution in [0.5, 0.6) is 0 Å². The van der Waals surface area contributed by atoms with Crippen LogP contribution in [0.1, 0.15) is 16.8 Å².